The van der Waals surface area contributed by atoms with Crippen LogP contribution in [0.5, 0.6) is 11.5 Å². The maximum Gasteiger partial charge on any atom is 0.341 e. The minimum atomic E-state index is -1.15. The Bertz CT molecular complexity index is 885. The van der Waals surface area contributed by atoms with Gasteiger partial charge in [0, 0.05) is 0 Å². The van der Waals surface area contributed by atoms with Gasteiger partial charge in [-0.3, -0.25) is 14.5 Å². The summed E-state index contributed by atoms with van der Waals surface area (Å²) in [6, 6.07) is 2.08. The van der Waals surface area contributed by atoms with Gasteiger partial charge in [0.1, 0.15) is 6.04 Å². The third-order valence-corrected chi connectivity index (χ3v) is 5.20. The summed E-state index contributed by atoms with van der Waals surface area (Å²) in [5.74, 6) is -1.99. The summed E-state index contributed by atoms with van der Waals surface area (Å²) >= 11 is 3.98. The molecule has 2 rings (SSSR count). The Labute approximate surface area is 179 Å². The highest BCUT2D eigenvalue weighted by Crippen LogP contribution is 2.39. The Balaban J connectivity index is 2.31. The lowest BCUT2D eigenvalue weighted by Crippen LogP contribution is -2.42. The van der Waals surface area contributed by atoms with Gasteiger partial charge in [-0.2, -0.15) is 0 Å². The summed E-state index contributed by atoms with van der Waals surface area (Å²) in [4.78, 5) is 48.5. The number of methoxy groups -OCH3 is 1. The standard InChI is InChI=1S/C18H18BrNO8S/c1-4-27-17(24)9(2)20-16(23)13(29-18(20)25)7-10-5-11(19)15(12(6-10)26-3)28-8-14(21)22/h5-7,9H,4,8H2,1-3H3,(H,21,22)/b13-7+/t9-/m1/s1. The molecule has 0 aliphatic carbocycles. The van der Waals surface area contributed by atoms with Crippen LogP contribution in [-0.4, -0.2) is 59.5 Å². The second kappa shape index (κ2) is 9.79. The minimum Gasteiger partial charge on any atom is -0.493 e. The van der Waals surface area contributed by atoms with E-state index < -0.39 is 35.7 Å². The van der Waals surface area contributed by atoms with Crippen molar-refractivity contribution in [1.82, 2.24) is 4.90 Å². The van der Waals surface area contributed by atoms with Crippen molar-refractivity contribution in [3.05, 3.63) is 27.1 Å². The molecule has 1 aliphatic heterocycles. The summed E-state index contributed by atoms with van der Waals surface area (Å²) in [5.41, 5.74) is 0.505. The lowest BCUT2D eigenvalue weighted by molar-refractivity contribution is -0.150. The van der Waals surface area contributed by atoms with Crippen LogP contribution >= 0.6 is 27.7 Å². The molecule has 0 unspecified atom stereocenters. The number of esters is 1. The number of aliphatic carboxylic acids is 1. The fourth-order valence-corrected chi connectivity index (χ4v) is 3.91. The molecule has 0 radical (unpaired) electrons. The molecule has 0 spiro atoms. The third-order valence-electron chi connectivity index (χ3n) is 3.73. The molecular formula is C18H18BrNO8S. The number of hydrogen-bond donors (Lipinski definition) is 1. The van der Waals surface area contributed by atoms with Gasteiger partial charge in [-0.25, -0.2) is 9.59 Å². The first-order chi connectivity index (χ1) is 13.7. The zero-order valence-corrected chi connectivity index (χ0v) is 18.2. The molecule has 9 nitrogen and oxygen atoms in total. The van der Waals surface area contributed by atoms with Gasteiger partial charge in [-0.15, -0.1) is 0 Å². The molecule has 1 aliphatic rings. The summed E-state index contributed by atoms with van der Waals surface area (Å²) < 4.78 is 15.7. The first-order valence-electron chi connectivity index (χ1n) is 8.35. The van der Waals surface area contributed by atoms with Gasteiger partial charge in [-0.05, 0) is 65.3 Å². The van der Waals surface area contributed by atoms with E-state index in [9.17, 15) is 19.2 Å². The number of thioether (sulfide) groups is 1. The average Bonchev–Trinajstić information content (AvgIpc) is 2.93. The van der Waals surface area contributed by atoms with Crippen molar-refractivity contribution >= 4 is 56.9 Å². The van der Waals surface area contributed by atoms with E-state index in [1.165, 1.54) is 26.2 Å². The first-order valence-corrected chi connectivity index (χ1v) is 9.96. The van der Waals surface area contributed by atoms with Crippen LogP contribution in [0.15, 0.2) is 21.5 Å². The molecule has 0 aromatic heterocycles. The van der Waals surface area contributed by atoms with E-state index in [-0.39, 0.29) is 23.0 Å². The maximum absolute atomic E-state index is 12.6. The van der Waals surface area contributed by atoms with Gasteiger partial charge < -0.3 is 19.3 Å². The van der Waals surface area contributed by atoms with E-state index in [0.29, 0.717) is 21.8 Å². The Morgan fingerprint density at radius 1 is 1.34 bits per heavy atom. The van der Waals surface area contributed by atoms with Crippen LogP contribution in [0.25, 0.3) is 6.08 Å². The highest BCUT2D eigenvalue weighted by atomic mass is 79.9. The van der Waals surface area contributed by atoms with Crippen molar-refractivity contribution in [2.45, 2.75) is 19.9 Å². The molecule has 1 fully saturated rings. The lowest BCUT2D eigenvalue weighted by Gasteiger charge is -2.19. The number of ether oxygens (including phenoxy) is 3. The van der Waals surface area contributed by atoms with Crippen molar-refractivity contribution in [3.63, 3.8) is 0 Å². The van der Waals surface area contributed by atoms with Crippen molar-refractivity contribution in [2.75, 3.05) is 20.3 Å². The normalized spacial score (nSPS) is 16.1. The predicted octanol–water partition coefficient (Wildman–Crippen LogP) is 2.91. The number of carboxylic acids is 1. The number of rotatable bonds is 8. The number of imide groups is 1. The molecule has 0 saturated carbocycles. The highest BCUT2D eigenvalue weighted by molar-refractivity contribution is 9.10. The number of benzene rings is 1. The van der Waals surface area contributed by atoms with E-state index in [0.717, 1.165) is 4.90 Å². The Morgan fingerprint density at radius 3 is 2.62 bits per heavy atom. The van der Waals surface area contributed by atoms with Crippen molar-refractivity contribution in [2.24, 2.45) is 0 Å². The van der Waals surface area contributed by atoms with Crippen LogP contribution in [-0.2, 0) is 19.1 Å². The van der Waals surface area contributed by atoms with Gasteiger partial charge in [-0.1, -0.05) is 0 Å². The molecule has 1 N–H and O–H groups in total. The zero-order chi connectivity index (χ0) is 21.7. The van der Waals surface area contributed by atoms with Crippen molar-refractivity contribution in [3.8, 4) is 11.5 Å². The highest BCUT2D eigenvalue weighted by Gasteiger charge is 2.41. The maximum atomic E-state index is 12.6. The summed E-state index contributed by atoms with van der Waals surface area (Å²) in [6.45, 7) is 2.64. The number of hydrogen-bond acceptors (Lipinski definition) is 8. The zero-order valence-electron chi connectivity index (χ0n) is 15.8. The SMILES string of the molecule is CCOC(=O)[C@@H](C)N1C(=O)S/C(=C/c2cc(Br)c(OCC(=O)O)c(OC)c2)C1=O. The molecule has 1 aromatic rings. The molecule has 0 bridgehead atoms. The topological polar surface area (TPSA) is 119 Å². The molecule has 1 aromatic carbocycles. The van der Waals surface area contributed by atoms with Crippen LogP contribution in [0.3, 0.4) is 0 Å². The lowest BCUT2D eigenvalue weighted by atomic mass is 10.1. The fraction of sp³-hybridized carbons (Fsp3) is 0.333. The van der Waals surface area contributed by atoms with Crippen LogP contribution in [0.1, 0.15) is 19.4 Å². The number of carbonyl (C=O) groups is 4. The van der Waals surface area contributed by atoms with E-state index >= 15 is 0 Å². The van der Waals surface area contributed by atoms with Gasteiger partial charge in [0.2, 0.25) is 0 Å². The van der Waals surface area contributed by atoms with Crippen LogP contribution < -0.4 is 9.47 Å². The third kappa shape index (κ3) is 5.30. The van der Waals surface area contributed by atoms with E-state index in [1.807, 2.05) is 0 Å². The second-order valence-electron chi connectivity index (χ2n) is 5.70. The summed E-state index contributed by atoms with van der Waals surface area (Å²) in [7, 11) is 1.38. The largest absolute Gasteiger partial charge is 0.493 e. The minimum absolute atomic E-state index is 0.124. The molecule has 11 heteroatoms. The van der Waals surface area contributed by atoms with Crippen LogP contribution in [0, 0.1) is 0 Å². The number of halogens is 1. The molecule has 2 amide bonds. The molecule has 29 heavy (non-hydrogen) atoms. The molecule has 1 saturated heterocycles. The fourth-order valence-electron chi connectivity index (χ4n) is 2.43. The van der Waals surface area contributed by atoms with Gasteiger partial charge in [0.05, 0.1) is 23.1 Å². The summed E-state index contributed by atoms with van der Waals surface area (Å²) in [5, 5.41) is 8.19. The Morgan fingerprint density at radius 2 is 2.03 bits per heavy atom. The Kier molecular flexibility index (Phi) is 7.68. The molecule has 1 atom stereocenters. The molecule has 1 heterocycles. The number of amides is 2. The van der Waals surface area contributed by atoms with Crippen molar-refractivity contribution in [1.29, 1.82) is 0 Å². The van der Waals surface area contributed by atoms with Gasteiger partial charge in [0.15, 0.2) is 18.1 Å². The number of carbonyl (C=O) groups excluding carboxylic acids is 3. The Hall–Kier alpha value is -2.53. The molecule has 156 valence electrons. The quantitative estimate of drug-likeness (QED) is 0.435. The van der Waals surface area contributed by atoms with Crippen LogP contribution in [0.4, 0.5) is 4.79 Å². The van der Waals surface area contributed by atoms with E-state index in [2.05, 4.69) is 15.9 Å². The first kappa shape index (κ1) is 22.8. The number of carboxylic acid groups (broad SMARTS) is 1. The summed E-state index contributed by atoms with van der Waals surface area (Å²) in [6.07, 6.45) is 1.47. The average molecular weight is 488 g/mol. The smallest absolute Gasteiger partial charge is 0.341 e. The molecular weight excluding hydrogens is 470 g/mol. The second-order valence-corrected chi connectivity index (χ2v) is 7.54. The van der Waals surface area contributed by atoms with Crippen LogP contribution in [0.2, 0.25) is 0 Å². The van der Waals surface area contributed by atoms with Gasteiger partial charge in [0.25, 0.3) is 11.1 Å². The van der Waals surface area contributed by atoms with Gasteiger partial charge >= 0.3 is 11.9 Å². The number of nitrogens with zero attached hydrogens (tertiary/aromatic N) is 1. The van der Waals surface area contributed by atoms with Crippen molar-refractivity contribution < 1.29 is 38.5 Å². The monoisotopic (exact) mass is 487 g/mol. The van der Waals surface area contributed by atoms with E-state index in [4.69, 9.17) is 19.3 Å². The van der Waals surface area contributed by atoms with E-state index in [1.54, 1.807) is 13.0 Å². The predicted molar refractivity (Wildman–Crippen MR) is 108 cm³/mol.